The zero-order valence-electron chi connectivity index (χ0n) is 18.2. The lowest BCUT2D eigenvalue weighted by Gasteiger charge is -2.37. The van der Waals surface area contributed by atoms with Gasteiger partial charge in [0.1, 0.15) is 12.4 Å². The van der Waals surface area contributed by atoms with Gasteiger partial charge in [-0.2, -0.15) is 0 Å². The third-order valence-corrected chi connectivity index (χ3v) is 6.61. The van der Waals surface area contributed by atoms with Crippen molar-refractivity contribution in [3.8, 4) is 5.75 Å². The standard InChI is InChI=1S/C25H34N2O4/c28-24-11-10-22(30-25(24)16-27(14-18-6-7-18)15-19-8-9-19)12-20-13-23(31-26-20)17-29-21-4-2-1-3-5-21/h1-5,13,18-19,22,24-25,28H,6-12,14-17H2/t22-,24-,25+/m0/s1. The van der Waals surface area contributed by atoms with E-state index in [0.717, 1.165) is 42.7 Å². The molecule has 0 unspecified atom stereocenters. The molecule has 3 atom stereocenters. The summed E-state index contributed by atoms with van der Waals surface area (Å²) in [5, 5.41) is 14.8. The van der Waals surface area contributed by atoms with Crippen LogP contribution >= 0.6 is 0 Å². The quantitative estimate of drug-likeness (QED) is 0.589. The van der Waals surface area contributed by atoms with E-state index in [2.05, 4.69) is 10.1 Å². The Morgan fingerprint density at radius 2 is 1.71 bits per heavy atom. The molecule has 3 aliphatic rings. The summed E-state index contributed by atoms with van der Waals surface area (Å²) in [6.45, 7) is 3.55. The molecule has 0 bridgehead atoms. The van der Waals surface area contributed by atoms with Gasteiger partial charge in [-0.15, -0.1) is 0 Å². The first-order valence-electron chi connectivity index (χ1n) is 11.9. The minimum Gasteiger partial charge on any atom is -0.486 e. The highest BCUT2D eigenvalue weighted by molar-refractivity contribution is 5.21. The lowest BCUT2D eigenvalue weighted by Crippen LogP contribution is -2.47. The summed E-state index contributed by atoms with van der Waals surface area (Å²) in [7, 11) is 0. The topological polar surface area (TPSA) is 68.0 Å². The van der Waals surface area contributed by atoms with Crippen molar-refractivity contribution in [1.82, 2.24) is 10.1 Å². The fourth-order valence-corrected chi connectivity index (χ4v) is 4.50. The summed E-state index contributed by atoms with van der Waals surface area (Å²) >= 11 is 0. The van der Waals surface area contributed by atoms with E-state index in [9.17, 15) is 5.11 Å². The van der Waals surface area contributed by atoms with Gasteiger partial charge in [0.2, 0.25) is 0 Å². The zero-order valence-corrected chi connectivity index (χ0v) is 18.2. The van der Waals surface area contributed by atoms with E-state index in [1.54, 1.807) is 0 Å². The van der Waals surface area contributed by atoms with E-state index in [1.165, 1.54) is 38.8 Å². The Morgan fingerprint density at radius 3 is 2.42 bits per heavy atom. The first kappa shape index (κ1) is 21.0. The number of para-hydroxylation sites is 1. The number of hydrogen-bond donors (Lipinski definition) is 1. The van der Waals surface area contributed by atoms with Crippen LogP contribution in [-0.4, -0.2) is 53.1 Å². The van der Waals surface area contributed by atoms with Gasteiger partial charge in [0.15, 0.2) is 5.76 Å². The molecule has 2 saturated carbocycles. The second-order valence-corrected chi connectivity index (χ2v) is 9.64. The van der Waals surface area contributed by atoms with Gasteiger partial charge in [0.25, 0.3) is 0 Å². The number of aromatic nitrogens is 1. The van der Waals surface area contributed by atoms with E-state index < -0.39 is 0 Å². The fourth-order valence-electron chi connectivity index (χ4n) is 4.50. The van der Waals surface area contributed by atoms with Crippen LogP contribution in [0.1, 0.15) is 50.0 Å². The third kappa shape index (κ3) is 6.31. The minimum absolute atomic E-state index is 0.0742. The molecule has 1 aliphatic heterocycles. The molecule has 0 spiro atoms. The Kier molecular flexibility index (Phi) is 6.58. The van der Waals surface area contributed by atoms with Crippen LogP contribution < -0.4 is 4.74 Å². The molecule has 6 heteroatoms. The zero-order chi connectivity index (χ0) is 21.0. The van der Waals surface area contributed by atoms with Crippen LogP contribution in [0.5, 0.6) is 5.75 Å². The molecule has 5 rings (SSSR count). The number of ether oxygens (including phenoxy) is 2. The second kappa shape index (κ2) is 9.72. The molecule has 168 valence electrons. The number of aliphatic hydroxyl groups is 1. The molecular formula is C25H34N2O4. The maximum absolute atomic E-state index is 10.6. The molecule has 2 aromatic rings. The minimum atomic E-state index is -0.371. The summed E-state index contributed by atoms with van der Waals surface area (Å²) in [4.78, 5) is 2.56. The monoisotopic (exact) mass is 426 g/mol. The van der Waals surface area contributed by atoms with Crippen LogP contribution in [-0.2, 0) is 17.8 Å². The van der Waals surface area contributed by atoms with Crippen LogP contribution in [0.2, 0.25) is 0 Å². The average Bonchev–Trinajstić information content (AvgIpc) is 3.71. The van der Waals surface area contributed by atoms with Crippen LogP contribution in [0.3, 0.4) is 0 Å². The van der Waals surface area contributed by atoms with Crippen LogP contribution in [0.15, 0.2) is 40.9 Å². The van der Waals surface area contributed by atoms with Crippen LogP contribution in [0.25, 0.3) is 0 Å². The predicted molar refractivity (Wildman–Crippen MR) is 117 cm³/mol. The van der Waals surface area contributed by atoms with E-state index in [-0.39, 0.29) is 18.3 Å². The number of nitrogens with zero attached hydrogens (tertiary/aromatic N) is 2. The molecule has 0 radical (unpaired) electrons. The van der Waals surface area contributed by atoms with Gasteiger partial charge < -0.3 is 24.0 Å². The smallest absolute Gasteiger partial charge is 0.174 e. The molecule has 1 saturated heterocycles. The molecule has 2 aliphatic carbocycles. The van der Waals surface area contributed by atoms with Crippen molar-refractivity contribution in [2.75, 3.05) is 19.6 Å². The molecule has 0 amide bonds. The largest absolute Gasteiger partial charge is 0.486 e. The Bertz CT molecular complexity index is 804. The summed E-state index contributed by atoms with van der Waals surface area (Å²) in [6.07, 6.45) is 7.40. The Morgan fingerprint density at radius 1 is 0.968 bits per heavy atom. The molecular weight excluding hydrogens is 392 g/mol. The van der Waals surface area contributed by atoms with Gasteiger partial charge in [0.05, 0.1) is 24.0 Å². The van der Waals surface area contributed by atoms with Crippen molar-refractivity contribution in [3.05, 3.63) is 47.9 Å². The highest BCUT2D eigenvalue weighted by Gasteiger charge is 2.35. The SMILES string of the molecule is O[C@H]1CC[C@@H](Cc2cc(COc3ccccc3)on2)O[C@@H]1CN(CC1CC1)CC1CC1. The van der Waals surface area contributed by atoms with Crippen molar-refractivity contribution < 1.29 is 19.1 Å². The predicted octanol–water partition coefficient (Wildman–Crippen LogP) is 3.83. The summed E-state index contributed by atoms with van der Waals surface area (Å²) in [6, 6.07) is 11.7. The van der Waals surface area contributed by atoms with Crippen molar-refractivity contribution in [1.29, 1.82) is 0 Å². The van der Waals surface area contributed by atoms with E-state index in [0.29, 0.717) is 18.8 Å². The average molecular weight is 427 g/mol. The van der Waals surface area contributed by atoms with Gasteiger partial charge in [-0.1, -0.05) is 23.4 Å². The van der Waals surface area contributed by atoms with E-state index in [4.69, 9.17) is 14.0 Å². The Hall–Kier alpha value is -1.89. The highest BCUT2D eigenvalue weighted by Crippen LogP contribution is 2.34. The molecule has 3 fully saturated rings. The maximum Gasteiger partial charge on any atom is 0.174 e. The van der Waals surface area contributed by atoms with Gasteiger partial charge in [-0.05, 0) is 62.5 Å². The first-order valence-corrected chi connectivity index (χ1v) is 11.9. The second-order valence-electron chi connectivity index (χ2n) is 9.64. The number of hydrogen-bond acceptors (Lipinski definition) is 6. The highest BCUT2D eigenvalue weighted by atomic mass is 16.5. The summed E-state index contributed by atoms with van der Waals surface area (Å²) in [5.74, 6) is 3.25. The van der Waals surface area contributed by atoms with Crippen LogP contribution in [0, 0.1) is 11.8 Å². The molecule has 31 heavy (non-hydrogen) atoms. The molecule has 2 heterocycles. The first-order chi connectivity index (χ1) is 15.2. The van der Waals surface area contributed by atoms with Gasteiger partial charge >= 0.3 is 0 Å². The normalized spacial score (nSPS) is 26.3. The number of aliphatic hydroxyl groups excluding tert-OH is 1. The van der Waals surface area contributed by atoms with E-state index >= 15 is 0 Å². The maximum atomic E-state index is 10.6. The molecule has 1 aromatic carbocycles. The van der Waals surface area contributed by atoms with Crippen molar-refractivity contribution in [3.63, 3.8) is 0 Å². The Labute approximate surface area is 184 Å². The van der Waals surface area contributed by atoms with Gasteiger partial charge in [0, 0.05) is 32.1 Å². The molecule has 1 N–H and O–H groups in total. The molecule has 1 aromatic heterocycles. The Balaban J connectivity index is 1.12. The fraction of sp³-hybridized carbons (Fsp3) is 0.640. The summed E-state index contributed by atoms with van der Waals surface area (Å²) in [5.41, 5.74) is 0.889. The lowest BCUT2D eigenvalue weighted by atomic mass is 9.97. The molecule has 6 nitrogen and oxygen atoms in total. The lowest BCUT2D eigenvalue weighted by molar-refractivity contribution is -0.126. The third-order valence-electron chi connectivity index (χ3n) is 6.61. The van der Waals surface area contributed by atoms with Gasteiger partial charge in [-0.25, -0.2) is 0 Å². The van der Waals surface area contributed by atoms with Gasteiger partial charge in [-0.3, -0.25) is 0 Å². The summed E-state index contributed by atoms with van der Waals surface area (Å²) < 4.78 is 17.6. The number of benzene rings is 1. The van der Waals surface area contributed by atoms with Crippen molar-refractivity contribution in [2.24, 2.45) is 11.8 Å². The van der Waals surface area contributed by atoms with E-state index in [1.807, 2.05) is 36.4 Å². The van der Waals surface area contributed by atoms with Crippen LogP contribution in [0.4, 0.5) is 0 Å². The van der Waals surface area contributed by atoms with Crippen molar-refractivity contribution >= 4 is 0 Å². The number of rotatable bonds is 11. The van der Waals surface area contributed by atoms with Crippen molar-refractivity contribution in [2.45, 2.75) is 69.9 Å².